The number of nitrogens with zero attached hydrogens (tertiary/aromatic N) is 5. The smallest absolute Gasteiger partial charge is 0.217 e. The lowest BCUT2D eigenvalue weighted by Gasteiger charge is -2.32. The summed E-state index contributed by atoms with van der Waals surface area (Å²) < 4.78 is 7.51. The molecule has 1 saturated heterocycles. The summed E-state index contributed by atoms with van der Waals surface area (Å²) in [5.74, 6) is 2.30. The Morgan fingerprint density at radius 2 is 2.32 bits per heavy atom. The summed E-state index contributed by atoms with van der Waals surface area (Å²) >= 11 is 0. The second kappa shape index (κ2) is 6.87. The first-order valence-corrected chi connectivity index (χ1v) is 7.89. The minimum Gasteiger partial charge on any atom is -0.481 e. The van der Waals surface area contributed by atoms with Crippen molar-refractivity contribution in [1.29, 1.82) is 0 Å². The second-order valence-corrected chi connectivity index (χ2v) is 5.72. The van der Waals surface area contributed by atoms with Gasteiger partial charge in [-0.1, -0.05) is 6.07 Å². The number of aryl methyl sites for hydroxylation is 1. The van der Waals surface area contributed by atoms with Gasteiger partial charge in [-0.3, -0.25) is 4.90 Å². The minimum atomic E-state index is 0.457. The quantitative estimate of drug-likeness (QED) is 0.846. The van der Waals surface area contributed by atoms with E-state index >= 15 is 0 Å². The van der Waals surface area contributed by atoms with E-state index < -0.39 is 0 Å². The highest BCUT2D eigenvalue weighted by Gasteiger charge is 2.25. The molecule has 0 saturated carbocycles. The highest BCUT2D eigenvalue weighted by Crippen LogP contribution is 2.27. The molecule has 0 aromatic carbocycles. The van der Waals surface area contributed by atoms with Crippen molar-refractivity contribution in [2.24, 2.45) is 0 Å². The van der Waals surface area contributed by atoms with Gasteiger partial charge in [0, 0.05) is 37.3 Å². The van der Waals surface area contributed by atoms with E-state index in [9.17, 15) is 0 Å². The Balaban J connectivity index is 1.71. The number of aromatic nitrogens is 4. The van der Waals surface area contributed by atoms with Crippen molar-refractivity contribution in [3.8, 4) is 5.88 Å². The molecule has 1 fully saturated rings. The first kappa shape index (κ1) is 15.0. The molecule has 1 aliphatic rings. The fourth-order valence-corrected chi connectivity index (χ4v) is 3.20. The van der Waals surface area contributed by atoms with E-state index in [1.54, 1.807) is 13.3 Å². The molecule has 1 unspecified atom stereocenters. The number of hydrogen-bond donors (Lipinski definition) is 0. The third kappa shape index (κ3) is 3.11. The highest BCUT2D eigenvalue weighted by molar-refractivity contribution is 5.25. The van der Waals surface area contributed by atoms with Crippen LogP contribution < -0.4 is 4.74 Å². The van der Waals surface area contributed by atoms with Crippen molar-refractivity contribution in [2.45, 2.75) is 38.8 Å². The van der Waals surface area contributed by atoms with Crippen LogP contribution in [0.5, 0.6) is 5.88 Å². The fraction of sp³-hybridized carbons (Fsp3) is 0.562. The molecule has 0 spiro atoms. The van der Waals surface area contributed by atoms with E-state index in [1.807, 2.05) is 12.4 Å². The van der Waals surface area contributed by atoms with Crippen molar-refractivity contribution in [2.75, 3.05) is 20.2 Å². The van der Waals surface area contributed by atoms with Gasteiger partial charge < -0.3 is 9.30 Å². The minimum absolute atomic E-state index is 0.457. The monoisotopic (exact) mass is 301 g/mol. The lowest BCUT2D eigenvalue weighted by Crippen LogP contribution is -2.35. The summed E-state index contributed by atoms with van der Waals surface area (Å²) in [5, 5.41) is 8.40. The lowest BCUT2D eigenvalue weighted by atomic mass is 9.96. The van der Waals surface area contributed by atoms with Crippen LogP contribution in [0.2, 0.25) is 0 Å². The standard InChI is InChI=1S/C16H23N5O/c1-3-21-12-18-19-15(21)13-7-5-9-20(10-13)11-14-6-4-8-17-16(14)22-2/h4,6,8,12-13H,3,5,7,9-11H2,1-2H3. The molecule has 118 valence electrons. The maximum Gasteiger partial charge on any atom is 0.217 e. The topological polar surface area (TPSA) is 56.1 Å². The molecule has 0 N–H and O–H groups in total. The van der Waals surface area contributed by atoms with Gasteiger partial charge in [-0.15, -0.1) is 10.2 Å². The number of methoxy groups -OCH3 is 1. The largest absolute Gasteiger partial charge is 0.481 e. The molecule has 0 bridgehead atoms. The van der Waals surface area contributed by atoms with E-state index in [-0.39, 0.29) is 0 Å². The SMILES string of the molecule is CCn1cnnc1C1CCCN(Cc2cccnc2OC)C1. The Hall–Kier alpha value is -1.95. The number of rotatable bonds is 5. The van der Waals surface area contributed by atoms with E-state index in [1.165, 1.54) is 12.8 Å². The first-order valence-electron chi connectivity index (χ1n) is 7.89. The van der Waals surface area contributed by atoms with E-state index in [0.717, 1.165) is 43.4 Å². The normalized spacial score (nSPS) is 19.3. The summed E-state index contributed by atoms with van der Waals surface area (Å²) in [7, 11) is 1.68. The van der Waals surface area contributed by atoms with Crippen LogP contribution in [0.3, 0.4) is 0 Å². The zero-order chi connectivity index (χ0) is 15.4. The summed E-state index contributed by atoms with van der Waals surface area (Å²) in [5.41, 5.74) is 1.14. The molecule has 3 heterocycles. The first-order chi connectivity index (χ1) is 10.8. The average molecular weight is 301 g/mol. The summed E-state index contributed by atoms with van der Waals surface area (Å²) in [6.07, 6.45) is 5.96. The van der Waals surface area contributed by atoms with E-state index in [0.29, 0.717) is 5.92 Å². The van der Waals surface area contributed by atoms with Crippen LogP contribution in [-0.4, -0.2) is 44.8 Å². The van der Waals surface area contributed by atoms with Crippen LogP contribution >= 0.6 is 0 Å². The van der Waals surface area contributed by atoms with Gasteiger partial charge in [0.25, 0.3) is 0 Å². The zero-order valence-electron chi connectivity index (χ0n) is 13.3. The molecule has 2 aromatic rings. The summed E-state index contributed by atoms with van der Waals surface area (Å²) in [6, 6.07) is 4.05. The number of pyridine rings is 1. The Labute approximate surface area is 131 Å². The zero-order valence-corrected chi connectivity index (χ0v) is 13.3. The van der Waals surface area contributed by atoms with Crippen molar-refractivity contribution < 1.29 is 4.74 Å². The lowest BCUT2D eigenvalue weighted by molar-refractivity contribution is 0.192. The molecule has 22 heavy (non-hydrogen) atoms. The summed E-state index contributed by atoms with van der Waals surface area (Å²) in [4.78, 5) is 6.74. The molecule has 0 aliphatic carbocycles. The van der Waals surface area contributed by atoms with Gasteiger partial charge in [-0.2, -0.15) is 0 Å². The van der Waals surface area contributed by atoms with Crippen LogP contribution in [0.25, 0.3) is 0 Å². The van der Waals surface area contributed by atoms with Gasteiger partial charge >= 0.3 is 0 Å². The molecule has 3 rings (SSSR count). The van der Waals surface area contributed by atoms with Crippen LogP contribution in [0, 0.1) is 0 Å². The molecule has 0 amide bonds. The molecule has 1 atom stereocenters. The second-order valence-electron chi connectivity index (χ2n) is 5.72. The number of hydrogen-bond acceptors (Lipinski definition) is 5. The Bertz CT molecular complexity index is 612. The Kier molecular flexibility index (Phi) is 4.68. The van der Waals surface area contributed by atoms with Crippen LogP contribution in [0.1, 0.15) is 37.1 Å². The predicted octanol–water partition coefficient (Wildman–Crippen LogP) is 2.08. The molecular formula is C16H23N5O. The number of piperidine rings is 1. The van der Waals surface area contributed by atoms with Crippen LogP contribution in [0.15, 0.2) is 24.7 Å². The van der Waals surface area contributed by atoms with E-state index in [2.05, 4.69) is 37.6 Å². The van der Waals surface area contributed by atoms with Gasteiger partial charge in [0.1, 0.15) is 12.2 Å². The van der Waals surface area contributed by atoms with Gasteiger partial charge in [-0.05, 0) is 32.4 Å². The molecule has 2 aromatic heterocycles. The third-order valence-corrected chi connectivity index (χ3v) is 4.29. The van der Waals surface area contributed by atoms with Crippen molar-refractivity contribution in [1.82, 2.24) is 24.6 Å². The van der Waals surface area contributed by atoms with Gasteiger partial charge in [0.2, 0.25) is 5.88 Å². The van der Waals surface area contributed by atoms with Crippen molar-refractivity contribution >= 4 is 0 Å². The highest BCUT2D eigenvalue weighted by atomic mass is 16.5. The van der Waals surface area contributed by atoms with E-state index in [4.69, 9.17) is 4.74 Å². The predicted molar refractivity (Wildman–Crippen MR) is 83.7 cm³/mol. The van der Waals surface area contributed by atoms with Gasteiger partial charge in [-0.25, -0.2) is 4.98 Å². The number of likely N-dealkylation sites (tertiary alicyclic amines) is 1. The molecule has 1 aliphatic heterocycles. The maximum atomic E-state index is 5.36. The molecular weight excluding hydrogens is 278 g/mol. The molecule has 6 nitrogen and oxygen atoms in total. The number of ether oxygens (including phenoxy) is 1. The van der Waals surface area contributed by atoms with Crippen molar-refractivity contribution in [3.05, 3.63) is 36.0 Å². The Morgan fingerprint density at radius 3 is 3.14 bits per heavy atom. The third-order valence-electron chi connectivity index (χ3n) is 4.29. The van der Waals surface area contributed by atoms with Crippen LogP contribution in [-0.2, 0) is 13.1 Å². The fourth-order valence-electron chi connectivity index (χ4n) is 3.20. The Morgan fingerprint density at radius 1 is 1.41 bits per heavy atom. The summed E-state index contributed by atoms with van der Waals surface area (Å²) in [6.45, 7) is 6.04. The maximum absolute atomic E-state index is 5.36. The molecule has 6 heteroatoms. The molecule has 0 radical (unpaired) electrons. The van der Waals surface area contributed by atoms with Gasteiger partial charge in [0.05, 0.1) is 7.11 Å². The van der Waals surface area contributed by atoms with Crippen molar-refractivity contribution in [3.63, 3.8) is 0 Å². The average Bonchev–Trinajstić information content (AvgIpc) is 3.04. The van der Waals surface area contributed by atoms with Gasteiger partial charge in [0.15, 0.2) is 0 Å². The van der Waals surface area contributed by atoms with Crippen LogP contribution in [0.4, 0.5) is 0 Å².